The van der Waals surface area contributed by atoms with E-state index in [4.69, 9.17) is 27.6 Å². The van der Waals surface area contributed by atoms with E-state index in [-0.39, 0.29) is 29.5 Å². The number of halogens is 3. The van der Waals surface area contributed by atoms with Crippen molar-refractivity contribution in [1.29, 1.82) is 5.26 Å². The topological polar surface area (TPSA) is 86.3 Å². The van der Waals surface area contributed by atoms with Crippen LogP contribution in [-0.4, -0.2) is 17.1 Å². The number of benzene rings is 2. The van der Waals surface area contributed by atoms with Gasteiger partial charge in [-0.2, -0.15) is 5.26 Å². The number of carbonyl (C=O) groups excluding carboxylic acids is 2. The fourth-order valence-corrected chi connectivity index (χ4v) is 4.99. The molecule has 34 heavy (non-hydrogen) atoms. The molecule has 172 valence electrons. The first-order chi connectivity index (χ1) is 16.4. The minimum Gasteiger partial charge on any atom is -0.467 e. The van der Waals surface area contributed by atoms with Crippen molar-refractivity contribution in [3.63, 3.8) is 0 Å². The number of anilines is 1. The summed E-state index contributed by atoms with van der Waals surface area (Å²) in [6.07, 6.45) is 1.76. The third kappa shape index (κ3) is 5.12. The van der Waals surface area contributed by atoms with E-state index >= 15 is 0 Å². The summed E-state index contributed by atoms with van der Waals surface area (Å²) in [6.45, 7) is 0.0756. The third-order valence-electron chi connectivity index (χ3n) is 5.00. The van der Waals surface area contributed by atoms with Crippen LogP contribution in [0.5, 0.6) is 0 Å². The smallest absolute Gasteiger partial charge is 0.265 e. The second-order valence-electron chi connectivity index (χ2n) is 7.26. The third-order valence-corrected chi connectivity index (χ3v) is 7.00. The zero-order chi connectivity index (χ0) is 24.2. The minimum atomic E-state index is -0.656. The molecule has 0 aliphatic carbocycles. The van der Waals surface area contributed by atoms with Crippen molar-refractivity contribution >= 4 is 52.5 Å². The van der Waals surface area contributed by atoms with E-state index in [1.165, 1.54) is 35.4 Å². The molecule has 3 aromatic rings. The molecule has 1 saturated heterocycles. The molecule has 0 spiro atoms. The Labute approximate surface area is 208 Å². The van der Waals surface area contributed by atoms with Crippen molar-refractivity contribution in [2.45, 2.75) is 18.2 Å². The van der Waals surface area contributed by atoms with E-state index < -0.39 is 17.0 Å². The molecule has 1 N–H and O–H groups in total. The van der Waals surface area contributed by atoms with Crippen LogP contribution in [0.3, 0.4) is 0 Å². The van der Waals surface area contributed by atoms with Gasteiger partial charge in [0.2, 0.25) is 5.91 Å². The molecular weight excluding hydrogens is 500 g/mol. The minimum absolute atomic E-state index is 0.0756. The van der Waals surface area contributed by atoms with Gasteiger partial charge in [-0.3, -0.25) is 14.5 Å². The number of thioether (sulfide) groups is 1. The van der Waals surface area contributed by atoms with Gasteiger partial charge in [0.1, 0.15) is 28.2 Å². The predicted octanol–water partition coefficient (Wildman–Crippen LogP) is 5.47. The average molecular weight is 516 g/mol. The molecule has 1 atom stereocenters. The number of hydrogen-bond acceptors (Lipinski definition) is 5. The van der Waals surface area contributed by atoms with E-state index in [0.717, 1.165) is 17.3 Å². The summed E-state index contributed by atoms with van der Waals surface area (Å²) in [4.78, 5) is 27.5. The monoisotopic (exact) mass is 515 g/mol. The normalized spacial score (nSPS) is 16.9. The van der Waals surface area contributed by atoms with Crippen molar-refractivity contribution in [2.24, 2.45) is 0 Å². The lowest BCUT2D eigenvalue weighted by molar-refractivity contribution is -0.117. The second-order valence-corrected chi connectivity index (χ2v) is 9.27. The van der Waals surface area contributed by atoms with Crippen molar-refractivity contribution in [3.8, 4) is 6.07 Å². The first-order valence-corrected chi connectivity index (χ1v) is 11.7. The van der Waals surface area contributed by atoms with Crippen LogP contribution < -0.4 is 10.2 Å². The fourth-order valence-electron chi connectivity index (χ4n) is 3.36. The van der Waals surface area contributed by atoms with E-state index in [1.807, 2.05) is 6.07 Å². The Morgan fingerprint density at radius 3 is 2.59 bits per heavy atom. The molecule has 0 radical (unpaired) electrons. The fraction of sp³-hybridized carbons (Fsp3) is 0.125. The number of carbonyl (C=O) groups is 2. The SMILES string of the molecule is N#CC(C(=O)NCc1ccco1)=C1SC(Cc2ccc(Cl)c(Cl)c2)C(=O)N1c1ccc(F)cc1. The Morgan fingerprint density at radius 2 is 1.94 bits per heavy atom. The predicted molar refractivity (Wildman–Crippen MR) is 129 cm³/mol. The van der Waals surface area contributed by atoms with Crippen molar-refractivity contribution < 1.29 is 18.4 Å². The summed E-state index contributed by atoms with van der Waals surface area (Å²) in [6, 6.07) is 15.6. The summed E-state index contributed by atoms with van der Waals surface area (Å²) in [5.41, 5.74) is 0.879. The van der Waals surface area contributed by atoms with Crippen LogP contribution in [0, 0.1) is 17.1 Å². The lowest BCUT2D eigenvalue weighted by atomic mass is 10.1. The van der Waals surface area contributed by atoms with Gasteiger partial charge in [0.05, 0.1) is 28.1 Å². The van der Waals surface area contributed by atoms with Crippen LogP contribution in [0.1, 0.15) is 11.3 Å². The summed E-state index contributed by atoms with van der Waals surface area (Å²) in [5.74, 6) is -0.961. The molecule has 2 aromatic carbocycles. The molecule has 1 aliphatic heterocycles. The van der Waals surface area contributed by atoms with Gasteiger partial charge in [-0.15, -0.1) is 0 Å². The van der Waals surface area contributed by atoms with Crippen LogP contribution in [0.25, 0.3) is 0 Å². The van der Waals surface area contributed by atoms with E-state index in [0.29, 0.717) is 21.5 Å². The molecule has 1 aromatic heterocycles. The molecule has 0 saturated carbocycles. The van der Waals surface area contributed by atoms with E-state index in [1.54, 1.807) is 30.3 Å². The van der Waals surface area contributed by atoms with Gasteiger partial charge in [-0.25, -0.2) is 4.39 Å². The quantitative estimate of drug-likeness (QED) is 0.347. The van der Waals surface area contributed by atoms with Gasteiger partial charge in [0.15, 0.2) is 0 Å². The molecular formula is C24H16Cl2FN3O3S. The molecule has 1 fully saturated rings. The number of amides is 2. The summed E-state index contributed by atoms with van der Waals surface area (Å²) < 4.78 is 18.7. The first kappa shape index (κ1) is 23.9. The molecule has 4 rings (SSSR count). The number of nitrogens with one attached hydrogen (secondary N) is 1. The summed E-state index contributed by atoms with van der Waals surface area (Å²) in [7, 11) is 0. The Kier molecular flexibility index (Phi) is 7.27. The molecule has 1 aliphatic rings. The molecule has 1 unspecified atom stereocenters. The zero-order valence-corrected chi connectivity index (χ0v) is 19.8. The lowest BCUT2D eigenvalue weighted by Crippen LogP contribution is -2.32. The Morgan fingerprint density at radius 1 is 1.18 bits per heavy atom. The highest BCUT2D eigenvalue weighted by molar-refractivity contribution is 8.05. The van der Waals surface area contributed by atoms with Crippen LogP contribution in [-0.2, 0) is 22.6 Å². The Hall–Kier alpha value is -3.25. The highest BCUT2D eigenvalue weighted by atomic mass is 35.5. The van der Waals surface area contributed by atoms with Gasteiger partial charge >= 0.3 is 0 Å². The molecule has 10 heteroatoms. The Balaban J connectivity index is 1.68. The van der Waals surface area contributed by atoms with Crippen LogP contribution in [0.15, 0.2) is 75.9 Å². The number of furan rings is 1. The number of nitrogens with zero attached hydrogens (tertiary/aromatic N) is 2. The van der Waals surface area contributed by atoms with Crippen LogP contribution in [0.4, 0.5) is 10.1 Å². The maximum absolute atomic E-state index is 13.5. The van der Waals surface area contributed by atoms with Gasteiger partial charge in [0, 0.05) is 5.69 Å². The average Bonchev–Trinajstić information content (AvgIpc) is 3.45. The number of hydrogen-bond donors (Lipinski definition) is 1. The standard InChI is InChI=1S/C24H16Cl2FN3O3S/c25-19-8-3-14(10-20(19)26)11-21-23(32)30(16-6-4-15(27)5-7-16)24(34-21)18(12-28)22(31)29-13-17-2-1-9-33-17/h1-10,21H,11,13H2,(H,29,31). The van der Waals surface area contributed by atoms with Crippen molar-refractivity contribution in [3.05, 3.63) is 98.6 Å². The zero-order valence-electron chi connectivity index (χ0n) is 17.4. The van der Waals surface area contributed by atoms with Gasteiger partial charge in [-0.05, 0) is 60.5 Å². The largest absolute Gasteiger partial charge is 0.467 e. The highest BCUT2D eigenvalue weighted by Gasteiger charge is 2.40. The molecule has 2 heterocycles. The van der Waals surface area contributed by atoms with Crippen LogP contribution >= 0.6 is 35.0 Å². The molecule has 0 bridgehead atoms. The second kappa shape index (κ2) is 10.3. The van der Waals surface area contributed by atoms with E-state index in [9.17, 15) is 19.2 Å². The number of nitriles is 1. The van der Waals surface area contributed by atoms with Gasteiger partial charge < -0.3 is 9.73 Å². The number of rotatable bonds is 6. The first-order valence-electron chi connectivity index (χ1n) is 10.0. The summed E-state index contributed by atoms with van der Waals surface area (Å²) in [5, 5.41) is 12.7. The maximum atomic E-state index is 13.5. The maximum Gasteiger partial charge on any atom is 0.265 e. The van der Waals surface area contributed by atoms with Gasteiger partial charge in [0.25, 0.3) is 5.91 Å². The van der Waals surface area contributed by atoms with Crippen molar-refractivity contribution in [1.82, 2.24) is 5.32 Å². The van der Waals surface area contributed by atoms with Gasteiger partial charge in [-0.1, -0.05) is 41.0 Å². The highest BCUT2D eigenvalue weighted by Crippen LogP contribution is 2.42. The molecule has 2 amide bonds. The summed E-state index contributed by atoms with van der Waals surface area (Å²) >= 11 is 13.2. The van der Waals surface area contributed by atoms with Crippen molar-refractivity contribution in [2.75, 3.05) is 4.90 Å². The lowest BCUT2D eigenvalue weighted by Gasteiger charge is -2.18. The Bertz CT molecular complexity index is 1300. The van der Waals surface area contributed by atoms with Crippen LogP contribution in [0.2, 0.25) is 10.0 Å². The molecule has 6 nitrogen and oxygen atoms in total. The van der Waals surface area contributed by atoms with E-state index in [2.05, 4.69) is 5.32 Å².